The van der Waals surface area contributed by atoms with Gasteiger partial charge >= 0.3 is 0 Å². The quantitative estimate of drug-likeness (QED) is 0.433. The summed E-state index contributed by atoms with van der Waals surface area (Å²) < 4.78 is 0. The van der Waals surface area contributed by atoms with Crippen molar-refractivity contribution >= 4 is 14.1 Å². The summed E-state index contributed by atoms with van der Waals surface area (Å²) in [4.78, 5) is 0. The van der Waals surface area contributed by atoms with Gasteiger partial charge in [0.2, 0.25) is 0 Å². The monoisotopic (exact) mass is 98.1 g/mol. The van der Waals surface area contributed by atoms with Crippen LogP contribution in [0.15, 0.2) is 0 Å². The lowest BCUT2D eigenvalue weighted by Gasteiger charge is -1.77. The standard InChI is InChI=1S/C5H10Si/c1-4-5-6(2)3/h5H,1-3H3. The summed E-state index contributed by atoms with van der Waals surface area (Å²) in [5.41, 5.74) is 2.14. The van der Waals surface area contributed by atoms with Gasteiger partial charge in [-0.25, -0.2) is 0 Å². The molecule has 0 aromatic heterocycles. The van der Waals surface area contributed by atoms with Crippen LogP contribution in [-0.2, 0) is 0 Å². The molecule has 0 saturated heterocycles. The van der Waals surface area contributed by atoms with Crippen LogP contribution in [0.2, 0.25) is 13.1 Å². The van der Waals surface area contributed by atoms with Crippen LogP contribution in [0.25, 0.3) is 0 Å². The molecular formula is C5H10Si. The lowest BCUT2D eigenvalue weighted by Crippen LogP contribution is -1.88. The highest BCUT2D eigenvalue weighted by Gasteiger charge is 1.70. The molecule has 0 aromatic rings. The third kappa shape index (κ3) is 4.09. The zero-order valence-electron chi connectivity index (χ0n) is 4.58. The average molecular weight is 98.2 g/mol. The van der Waals surface area contributed by atoms with Crippen LogP contribution in [0.3, 0.4) is 0 Å². The second-order valence-corrected chi connectivity index (χ2v) is 3.95. The van der Waals surface area contributed by atoms with E-state index < -0.39 is 0 Å². The minimum absolute atomic E-state index is 0.122. The third-order valence-electron chi connectivity index (χ3n) is 0.433. The molecule has 34 valence electrons. The molecule has 0 aliphatic heterocycles. The Morgan fingerprint density at radius 3 is 2.00 bits per heavy atom. The SMILES string of the molecule is C[C]C=[Si](C)C. The van der Waals surface area contributed by atoms with Crippen molar-refractivity contribution in [2.24, 2.45) is 0 Å². The van der Waals surface area contributed by atoms with Gasteiger partial charge in [-0.3, -0.25) is 0 Å². The molecule has 0 nitrogen and oxygen atoms in total. The van der Waals surface area contributed by atoms with Gasteiger partial charge in [-0.05, 0) is 8.41 Å². The van der Waals surface area contributed by atoms with Crippen molar-refractivity contribution in [3.05, 3.63) is 6.42 Å². The smallest absolute Gasteiger partial charge is 0.0000409 e. The Morgan fingerprint density at radius 2 is 2.00 bits per heavy atom. The Morgan fingerprint density at radius 1 is 1.50 bits per heavy atom. The predicted molar refractivity (Wildman–Crippen MR) is 32.5 cm³/mol. The summed E-state index contributed by atoms with van der Waals surface area (Å²) in [6.45, 7) is 6.42. The van der Waals surface area contributed by atoms with Gasteiger partial charge in [-0.15, -0.1) is 0 Å². The van der Waals surface area contributed by atoms with E-state index in [0.29, 0.717) is 0 Å². The molecule has 0 bridgehead atoms. The zero-order valence-corrected chi connectivity index (χ0v) is 5.58. The van der Waals surface area contributed by atoms with Crippen LogP contribution in [0.5, 0.6) is 0 Å². The van der Waals surface area contributed by atoms with Gasteiger partial charge < -0.3 is 0 Å². The number of rotatable bonds is 1. The fourth-order valence-electron chi connectivity index (χ4n) is 0.289. The van der Waals surface area contributed by atoms with Gasteiger partial charge in [0.05, 0.1) is 0 Å². The second kappa shape index (κ2) is 3.28. The van der Waals surface area contributed by atoms with Gasteiger partial charge in [0.25, 0.3) is 0 Å². The maximum atomic E-state index is 2.99. The van der Waals surface area contributed by atoms with E-state index in [1.165, 1.54) is 0 Å². The molecule has 0 amide bonds. The lowest BCUT2D eigenvalue weighted by atomic mass is 10.6. The Bertz CT molecular complexity index is 51.0. The van der Waals surface area contributed by atoms with Crippen LogP contribution < -0.4 is 0 Å². The van der Waals surface area contributed by atoms with Crippen LogP contribution in [-0.4, -0.2) is 14.1 Å². The second-order valence-electron chi connectivity index (χ2n) is 1.51. The summed E-state index contributed by atoms with van der Waals surface area (Å²) in [5, 5.41) is 0. The molecule has 0 saturated carbocycles. The van der Waals surface area contributed by atoms with E-state index in [1.807, 2.05) is 6.92 Å². The topological polar surface area (TPSA) is 0 Å². The number of hydrogen-bond donors (Lipinski definition) is 0. The Hall–Kier alpha value is 0.0869. The Labute approximate surface area is 41.4 Å². The summed E-state index contributed by atoms with van der Waals surface area (Å²) in [6.07, 6.45) is 2.99. The first-order valence-corrected chi connectivity index (χ1v) is 4.65. The van der Waals surface area contributed by atoms with Gasteiger partial charge in [0.1, 0.15) is 0 Å². The van der Waals surface area contributed by atoms with Gasteiger partial charge in [0.15, 0.2) is 0 Å². The summed E-state index contributed by atoms with van der Waals surface area (Å²) in [7, 11) is -0.122. The van der Waals surface area contributed by atoms with Crippen LogP contribution >= 0.6 is 0 Å². The molecule has 0 atom stereocenters. The molecule has 0 aliphatic rings. The van der Waals surface area contributed by atoms with E-state index in [1.54, 1.807) is 0 Å². The van der Waals surface area contributed by atoms with E-state index in [4.69, 9.17) is 0 Å². The summed E-state index contributed by atoms with van der Waals surface area (Å²) in [5.74, 6) is 0. The Balaban J connectivity index is 3.14. The Kier molecular flexibility index (Phi) is 3.33. The average Bonchev–Trinajstić information content (AvgIpc) is 1.35. The highest BCUT2D eigenvalue weighted by atomic mass is 28.2. The van der Waals surface area contributed by atoms with Crippen molar-refractivity contribution < 1.29 is 0 Å². The highest BCUT2D eigenvalue weighted by molar-refractivity contribution is 6.64. The fourth-order valence-corrected chi connectivity index (χ4v) is 0.866. The van der Waals surface area contributed by atoms with Crippen molar-refractivity contribution in [2.75, 3.05) is 0 Å². The van der Waals surface area contributed by atoms with Crippen molar-refractivity contribution in [1.82, 2.24) is 0 Å². The van der Waals surface area contributed by atoms with Crippen molar-refractivity contribution in [1.29, 1.82) is 0 Å². The normalized spacial score (nSPS) is 7.83. The molecule has 0 aromatic carbocycles. The van der Waals surface area contributed by atoms with Crippen LogP contribution in [0, 0.1) is 6.42 Å². The molecule has 1 heteroatoms. The molecule has 0 rings (SSSR count). The molecule has 0 fully saturated rings. The van der Waals surface area contributed by atoms with E-state index in [-0.39, 0.29) is 8.41 Å². The summed E-state index contributed by atoms with van der Waals surface area (Å²) in [6, 6.07) is 0. The molecule has 2 radical (unpaired) electrons. The maximum Gasteiger partial charge on any atom is 0.0000409 e. The van der Waals surface area contributed by atoms with E-state index >= 15 is 0 Å². The van der Waals surface area contributed by atoms with E-state index in [0.717, 1.165) is 0 Å². The van der Waals surface area contributed by atoms with Gasteiger partial charge in [-0.1, -0.05) is 25.7 Å². The van der Waals surface area contributed by atoms with E-state index in [2.05, 4.69) is 25.2 Å². The van der Waals surface area contributed by atoms with Gasteiger partial charge in [-0.2, -0.15) is 0 Å². The lowest BCUT2D eigenvalue weighted by molar-refractivity contribution is 1.69. The largest absolute Gasteiger partial charge is 0.0965 e. The molecule has 0 aliphatic carbocycles. The molecule has 0 spiro atoms. The minimum atomic E-state index is -0.122. The molecular weight excluding hydrogens is 88.1 g/mol. The van der Waals surface area contributed by atoms with Crippen molar-refractivity contribution in [2.45, 2.75) is 20.0 Å². The van der Waals surface area contributed by atoms with Crippen molar-refractivity contribution in [3.63, 3.8) is 0 Å². The molecule has 0 N–H and O–H groups in total. The summed E-state index contributed by atoms with van der Waals surface area (Å²) >= 11 is 0. The predicted octanol–water partition coefficient (Wildman–Crippen LogP) is 1.23. The van der Waals surface area contributed by atoms with Crippen LogP contribution in [0.1, 0.15) is 6.92 Å². The van der Waals surface area contributed by atoms with Crippen molar-refractivity contribution in [3.8, 4) is 0 Å². The third-order valence-corrected chi connectivity index (χ3v) is 1.30. The molecule has 0 heterocycles. The van der Waals surface area contributed by atoms with Crippen LogP contribution in [0.4, 0.5) is 0 Å². The first-order chi connectivity index (χ1) is 2.77. The minimum Gasteiger partial charge on any atom is -0.0965 e. The molecule has 6 heavy (non-hydrogen) atoms. The number of hydrogen-bond acceptors (Lipinski definition) is 0. The maximum absolute atomic E-state index is 2.99. The fraction of sp³-hybridized carbons (Fsp3) is 0.600. The van der Waals surface area contributed by atoms with E-state index in [9.17, 15) is 0 Å². The zero-order chi connectivity index (χ0) is 4.99. The highest BCUT2D eigenvalue weighted by Crippen LogP contribution is 1.65. The first kappa shape index (κ1) is 6.09. The van der Waals surface area contributed by atoms with Gasteiger partial charge in [0, 0.05) is 6.42 Å². The first-order valence-electron chi connectivity index (χ1n) is 2.08. The molecule has 0 unspecified atom stereocenters.